The van der Waals surface area contributed by atoms with Crippen LogP contribution >= 0.6 is 7.82 Å². The average Bonchev–Trinajstić information content (AvgIpc) is 3.28. The van der Waals surface area contributed by atoms with Crippen LogP contribution in [0.2, 0.25) is 0 Å². The van der Waals surface area contributed by atoms with Gasteiger partial charge in [-0.1, -0.05) is 284 Å². The number of phosphoric acid groups is 1. The highest BCUT2D eigenvalue weighted by atomic mass is 31.2. The van der Waals surface area contributed by atoms with E-state index in [-0.39, 0.29) is 32.2 Å². The standard InChI is InChI=1S/C55H109O8P/c1-4-7-9-11-13-15-17-19-21-23-25-27-29-31-33-35-37-39-41-43-45-47-49-54(56)60-51-53(52-62-64(58,59)61-6-3)63-55(57)50-48-46-44-42-40-38-36-34-32-30-28-26-24-22-20-18-16-14-12-10-8-5-2/h53H,4-52H2,1-3H3,(H,58,59). The molecule has 0 aliphatic rings. The molecule has 64 heavy (non-hydrogen) atoms. The lowest BCUT2D eigenvalue weighted by Gasteiger charge is -2.19. The monoisotopic (exact) mass is 929 g/mol. The highest BCUT2D eigenvalue weighted by Gasteiger charge is 2.25. The number of ether oxygens (including phenoxy) is 2. The maximum atomic E-state index is 12.7. The lowest BCUT2D eigenvalue weighted by molar-refractivity contribution is -0.161. The number of hydrogen-bond donors (Lipinski definition) is 1. The molecule has 0 aliphatic heterocycles. The molecular formula is C55H109O8P. The molecular weight excluding hydrogens is 820 g/mol. The Labute approximate surface area is 398 Å². The Morgan fingerprint density at radius 2 is 0.609 bits per heavy atom. The van der Waals surface area contributed by atoms with Crippen molar-refractivity contribution in [3.05, 3.63) is 0 Å². The van der Waals surface area contributed by atoms with Crippen LogP contribution in [-0.2, 0) is 32.7 Å². The minimum absolute atomic E-state index is 0.00621. The van der Waals surface area contributed by atoms with E-state index in [1.165, 1.54) is 244 Å². The Morgan fingerprint density at radius 3 is 0.875 bits per heavy atom. The largest absolute Gasteiger partial charge is 0.472 e. The van der Waals surface area contributed by atoms with Crippen LogP contribution in [0.1, 0.15) is 316 Å². The third kappa shape index (κ3) is 50.5. The van der Waals surface area contributed by atoms with Crippen LogP contribution < -0.4 is 0 Å². The summed E-state index contributed by atoms with van der Waals surface area (Å²) in [7, 11) is -4.28. The highest BCUT2D eigenvalue weighted by Crippen LogP contribution is 2.43. The van der Waals surface area contributed by atoms with Crippen LogP contribution in [0.5, 0.6) is 0 Å². The SMILES string of the molecule is CCCCCCCCCCCCCCCCCCCCCCCCC(=O)OCC(COP(=O)(O)OCC)OC(=O)CCCCCCCCCCCCCCCCCCCCCCCC. The molecule has 0 aliphatic carbocycles. The van der Waals surface area contributed by atoms with E-state index in [1.807, 2.05) is 0 Å². The molecule has 1 N–H and O–H groups in total. The molecule has 0 aromatic rings. The number of carbonyl (C=O) groups is 2. The molecule has 0 radical (unpaired) electrons. The number of phosphoric ester groups is 1. The second kappa shape index (κ2) is 51.4. The first kappa shape index (κ1) is 63.0. The van der Waals surface area contributed by atoms with Gasteiger partial charge in [0.25, 0.3) is 0 Å². The minimum Gasteiger partial charge on any atom is -0.462 e. The fourth-order valence-corrected chi connectivity index (χ4v) is 9.51. The Hall–Kier alpha value is -0.950. The number of carbonyl (C=O) groups excluding carboxylic acids is 2. The summed E-state index contributed by atoms with van der Waals surface area (Å²) in [6.45, 7) is 5.57. The van der Waals surface area contributed by atoms with Crippen molar-refractivity contribution in [2.75, 3.05) is 19.8 Å². The van der Waals surface area contributed by atoms with Gasteiger partial charge in [-0.2, -0.15) is 0 Å². The zero-order valence-electron chi connectivity index (χ0n) is 43.0. The predicted octanol–water partition coefficient (Wildman–Crippen LogP) is 18.6. The second-order valence-electron chi connectivity index (χ2n) is 19.3. The third-order valence-corrected chi connectivity index (χ3v) is 14.0. The molecule has 0 spiro atoms. The van der Waals surface area contributed by atoms with Crippen molar-refractivity contribution in [1.29, 1.82) is 0 Å². The summed E-state index contributed by atoms with van der Waals surface area (Å²) in [4.78, 5) is 35.0. The summed E-state index contributed by atoms with van der Waals surface area (Å²) in [6.07, 6.45) is 57.5. The third-order valence-electron chi connectivity index (χ3n) is 12.9. The van der Waals surface area contributed by atoms with E-state index in [2.05, 4.69) is 13.8 Å². The molecule has 0 fully saturated rings. The Balaban J connectivity index is 3.86. The zero-order valence-corrected chi connectivity index (χ0v) is 43.9. The Kier molecular flexibility index (Phi) is 50.7. The van der Waals surface area contributed by atoms with Gasteiger partial charge in [0, 0.05) is 12.8 Å². The summed E-state index contributed by atoms with van der Waals surface area (Å²) in [5, 5.41) is 0. The molecule has 0 aromatic heterocycles. The van der Waals surface area contributed by atoms with Crippen molar-refractivity contribution < 1.29 is 37.6 Å². The van der Waals surface area contributed by atoms with Gasteiger partial charge < -0.3 is 14.4 Å². The van der Waals surface area contributed by atoms with E-state index in [0.717, 1.165) is 38.5 Å². The quantitative estimate of drug-likeness (QED) is 0.0365. The van der Waals surface area contributed by atoms with Gasteiger partial charge in [0.05, 0.1) is 13.2 Å². The first-order valence-corrected chi connectivity index (χ1v) is 29.8. The fourth-order valence-electron chi connectivity index (χ4n) is 8.75. The number of hydrogen-bond acceptors (Lipinski definition) is 7. The van der Waals surface area contributed by atoms with Gasteiger partial charge in [-0.15, -0.1) is 0 Å². The van der Waals surface area contributed by atoms with Gasteiger partial charge in [0.2, 0.25) is 0 Å². The topological polar surface area (TPSA) is 108 Å². The molecule has 0 rings (SSSR count). The molecule has 2 unspecified atom stereocenters. The van der Waals surface area contributed by atoms with Gasteiger partial charge in [-0.3, -0.25) is 18.6 Å². The number of unbranched alkanes of at least 4 members (excludes halogenated alkanes) is 42. The van der Waals surface area contributed by atoms with Crippen molar-refractivity contribution in [3.8, 4) is 0 Å². The van der Waals surface area contributed by atoms with Gasteiger partial charge in [0.1, 0.15) is 6.61 Å². The summed E-state index contributed by atoms with van der Waals surface area (Å²) in [5.41, 5.74) is 0. The zero-order chi connectivity index (χ0) is 46.7. The minimum atomic E-state index is -4.28. The summed E-state index contributed by atoms with van der Waals surface area (Å²) >= 11 is 0. The van der Waals surface area contributed by atoms with Crippen molar-refractivity contribution in [2.45, 2.75) is 322 Å². The van der Waals surface area contributed by atoms with Crippen LogP contribution in [0.15, 0.2) is 0 Å². The van der Waals surface area contributed by atoms with Gasteiger partial charge in [-0.05, 0) is 19.8 Å². The Morgan fingerprint density at radius 1 is 0.359 bits per heavy atom. The number of esters is 2. The van der Waals surface area contributed by atoms with E-state index < -0.39 is 19.9 Å². The normalized spacial score (nSPS) is 13.0. The molecule has 0 heterocycles. The predicted molar refractivity (Wildman–Crippen MR) is 272 cm³/mol. The smallest absolute Gasteiger partial charge is 0.462 e. The van der Waals surface area contributed by atoms with E-state index in [4.69, 9.17) is 18.5 Å². The summed E-state index contributed by atoms with van der Waals surface area (Å²) < 4.78 is 32.9. The van der Waals surface area contributed by atoms with Crippen LogP contribution in [0.4, 0.5) is 0 Å². The van der Waals surface area contributed by atoms with Crippen molar-refractivity contribution in [1.82, 2.24) is 0 Å². The molecule has 0 aromatic carbocycles. The van der Waals surface area contributed by atoms with Gasteiger partial charge in [0.15, 0.2) is 6.10 Å². The van der Waals surface area contributed by atoms with Crippen LogP contribution in [0.3, 0.4) is 0 Å². The molecule has 0 bridgehead atoms. The van der Waals surface area contributed by atoms with Crippen LogP contribution in [0.25, 0.3) is 0 Å². The van der Waals surface area contributed by atoms with Crippen LogP contribution in [0, 0.1) is 0 Å². The maximum Gasteiger partial charge on any atom is 0.472 e. The van der Waals surface area contributed by atoms with Gasteiger partial charge >= 0.3 is 19.8 Å². The molecule has 9 heteroatoms. The van der Waals surface area contributed by atoms with Crippen molar-refractivity contribution >= 4 is 19.8 Å². The summed E-state index contributed by atoms with van der Waals surface area (Å²) in [6, 6.07) is 0. The van der Waals surface area contributed by atoms with Crippen LogP contribution in [-0.4, -0.2) is 42.8 Å². The van der Waals surface area contributed by atoms with E-state index in [0.29, 0.717) is 6.42 Å². The first-order chi connectivity index (χ1) is 31.3. The lowest BCUT2D eigenvalue weighted by Crippen LogP contribution is -2.29. The van der Waals surface area contributed by atoms with Crippen molar-refractivity contribution in [3.63, 3.8) is 0 Å². The molecule has 8 nitrogen and oxygen atoms in total. The number of rotatable bonds is 54. The molecule has 2 atom stereocenters. The molecule has 0 amide bonds. The average molecular weight is 929 g/mol. The molecule has 382 valence electrons. The van der Waals surface area contributed by atoms with Gasteiger partial charge in [-0.25, -0.2) is 4.57 Å². The van der Waals surface area contributed by atoms with Crippen molar-refractivity contribution in [2.24, 2.45) is 0 Å². The summed E-state index contributed by atoms with van der Waals surface area (Å²) in [5.74, 6) is -0.771. The van der Waals surface area contributed by atoms with E-state index >= 15 is 0 Å². The maximum absolute atomic E-state index is 12.7. The van der Waals surface area contributed by atoms with E-state index in [1.54, 1.807) is 6.92 Å². The second-order valence-corrected chi connectivity index (χ2v) is 20.8. The highest BCUT2D eigenvalue weighted by molar-refractivity contribution is 7.47. The van der Waals surface area contributed by atoms with E-state index in [9.17, 15) is 19.0 Å². The first-order valence-electron chi connectivity index (χ1n) is 28.3. The molecule has 0 saturated carbocycles. The lowest BCUT2D eigenvalue weighted by atomic mass is 10.0. The Bertz CT molecular complexity index is 1010. The molecule has 0 saturated heterocycles. The fraction of sp³-hybridized carbons (Fsp3) is 0.964.